The molecular weight excluding hydrogens is 322 g/mol. The lowest BCUT2D eigenvalue weighted by molar-refractivity contribution is 0.561. The Bertz CT molecular complexity index is 443. The standard InChI is InChI=1S/C12H15BrClNOS/c1-8(15-17(16)12(2,3)4)10-7-9(13)5-6-11(10)14/h5-7H,1-4H3/t17-/m1/s1. The molecule has 0 radical (unpaired) electrons. The minimum Gasteiger partial charge on any atom is -0.591 e. The van der Waals surface area contributed by atoms with Crippen LogP contribution >= 0.6 is 27.5 Å². The Labute approximate surface area is 119 Å². The predicted molar refractivity (Wildman–Crippen MR) is 79.3 cm³/mol. The Morgan fingerprint density at radius 1 is 1.41 bits per heavy atom. The van der Waals surface area contributed by atoms with Crippen LogP contribution in [0.5, 0.6) is 0 Å². The lowest BCUT2D eigenvalue weighted by Gasteiger charge is -2.19. The Morgan fingerprint density at radius 2 is 2.00 bits per heavy atom. The van der Waals surface area contributed by atoms with Gasteiger partial charge in [0.2, 0.25) is 0 Å². The molecule has 94 valence electrons. The molecule has 0 aliphatic heterocycles. The third-order valence-corrected chi connectivity index (χ3v) is 4.37. The maximum atomic E-state index is 11.9. The number of hydrogen-bond acceptors (Lipinski definition) is 2. The van der Waals surface area contributed by atoms with Gasteiger partial charge in [-0.15, -0.1) is 0 Å². The van der Waals surface area contributed by atoms with Gasteiger partial charge in [-0.05, 0) is 45.9 Å². The number of halogens is 2. The molecule has 0 aliphatic carbocycles. The highest BCUT2D eigenvalue weighted by Crippen LogP contribution is 2.24. The zero-order valence-corrected chi connectivity index (χ0v) is 13.4. The van der Waals surface area contributed by atoms with Crippen LogP contribution in [0.2, 0.25) is 5.02 Å². The molecule has 1 aromatic rings. The summed E-state index contributed by atoms with van der Waals surface area (Å²) in [6.45, 7) is 7.49. The van der Waals surface area contributed by atoms with Crippen molar-refractivity contribution in [3.05, 3.63) is 33.3 Å². The third kappa shape index (κ3) is 4.28. The first-order chi connectivity index (χ1) is 7.71. The zero-order chi connectivity index (χ0) is 13.2. The van der Waals surface area contributed by atoms with Gasteiger partial charge in [0, 0.05) is 15.1 Å². The van der Waals surface area contributed by atoms with Gasteiger partial charge in [-0.2, -0.15) is 0 Å². The van der Waals surface area contributed by atoms with E-state index in [0.717, 1.165) is 10.0 Å². The second-order valence-electron chi connectivity index (χ2n) is 4.66. The highest BCUT2D eigenvalue weighted by atomic mass is 79.9. The van der Waals surface area contributed by atoms with Crippen LogP contribution in [0, 0.1) is 0 Å². The van der Waals surface area contributed by atoms with Gasteiger partial charge in [-0.1, -0.05) is 31.9 Å². The Morgan fingerprint density at radius 3 is 2.53 bits per heavy atom. The molecule has 0 spiro atoms. The van der Waals surface area contributed by atoms with Crippen LogP contribution in [-0.4, -0.2) is 15.0 Å². The average Bonchev–Trinajstić information content (AvgIpc) is 2.20. The van der Waals surface area contributed by atoms with Crippen molar-refractivity contribution in [2.24, 2.45) is 4.40 Å². The molecule has 0 unspecified atom stereocenters. The molecule has 0 bridgehead atoms. The van der Waals surface area contributed by atoms with E-state index in [1.165, 1.54) is 0 Å². The summed E-state index contributed by atoms with van der Waals surface area (Å²) < 4.78 is 16.7. The molecule has 1 atom stereocenters. The monoisotopic (exact) mass is 335 g/mol. The van der Waals surface area contributed by atoms with Crippen LogP contribution in [0.25, 0.3) is 0 Å². The first-order valence-electron chi connectivity index (χ1n) is 5.14. The maximum absolute atomic E-state index is 11.9. The molecule has 0 N–H and O–H groups in total. The van der Waals surface area contributed by atoms with Gasteiger partial charge in [0.05, 0.1) is 5.71 Å². The third-order valence-electron chi connectivity index (χ3n) is 2.06. The van der Waals surface area contributed by atoms with Crippen LogP contribution in [0.1, 0.15) is 33.3 Å². The minimum absolute atomic E-state index is 0.361. The summed E-state index contributed by atoms with van der Waals surface area (Å²) >= 11 is 8.20. The van der Waals surface area contributed by atoms with Crippen molar-refractivity contribution in [2.75, 3.05) is 0 Å². The van der Waals surface area contributed by atoms with Crippen LogP contribution in [0.15, 0.2) is 27.1 Å². The average molecular weight is 337 g/mol. The van der Waals surface area contributed by atoms with Crippen molar-refractivity contribution in [3.8, 4) is 0 Å². The number of benzene rings is 1. The molecule has 1 aromatic carbocycles. The summed E-state index contributed by atoms with van der Waals surface area (Å²) in [7, 11) is 0. The van der Waals surface area contributed by atoms with Gasteiger partial charge in [-0.3, -0.25) is 0 Å². The highest BCUT2D eigenvalue weighted by Gasteiger charge is 2.27. The second-order valence-corrected chi connectivity index (χ2v) is 7.89. The summed E-state index contributed by atoms with van der Waals surface area (Å²) in [5.74, 6) is 0. The van der Waals surface area contributed by atoms with E-state index in [4.69, 9.17) is 11.6 Å². The summed E-state index contributed by atoms with van der Waals surface area (Å²) in [6.07, 6.45) is 0. The molecule has 0 saturated heterocycles. The number of nitrogens with zero attached hydrogens (tertiary/aromatic N) is 1. The summed E-state index contributed by atoms with van der Waals surface area (Å²) in [5.41, 5.74) is 1.49. The van der Waals surface area contributed by atoms with E-state index in [0.29, 0.717) is 10.7 Å². The van der Waals surface area contributed by atoms with Gasteiger partial charge in [0.25, 0.3) is 0 Å². The fourth-order valence-corrected chi connectivity index (χ4v) is 2.32. The van der Waals surface area contributed by atoms with E-state index >= 15 is 0 Å². The maximum Gasteiger partial charge on any atom is 0.144 e. The molecule has 5 heteroatoms. The van der Waals surface area contributed by atoms with Gasteiger partial charge >= 0.3 is 0 Å². The number of rotatable bonds is 2. The van der Waals surface area contributed by atoms with Crippen molar-refractivity contribution in [1.29, 1.82) is 0 Å². The van der Waals surface area contributed by atoms with Crippen LogP contribution in [0.3, 0.4) is 0 Å². The first kappa shape index (κ1) is 15.0. The Balaban J connectivity index is 3.08. The van der Waals surface area contributed by atoms with Gasteiger partial charge in [-0.25, -0.2) is 0 Å². The summed E-state index contributed by atoms with van der Waals surface area (Å²) in [5, 5.41) is 0.611. The van der Waals surface area contributed by atoms with Crippen LogP contribution in [-0.2, 0) is 11.4 Å². The van der Waals surface area contributed by atoms with Crippen molar-refractivity contribution in [3.63, 3.8) is 0 Å². The van der Waals surface area contributed by atoms with Crippen molar-refractivity contribution in [2.45, 2.75) is 32.4 Å². The zero-order valence-electron chi connectivity index (χ0n) is 10.3. The largest absolute Gasteiger partial charge is 0.591 e. The fraction of sp³-hybridized carbons (Fsp3) is 0.417. The smallest absolute Gasteiger partial charge is 0.144 e. The topological polar surface area (TPSA) is 35.4 Å². The van der Waals surface area contributed by atoms with E-state index < -0.39 is 11.4 Å². The Hall–Kier alpha value is -0.0300. The molecule has 0 aliphatic rings. The molecule has 17 heavy (non-hydrogen) atoms. The SMILES string of the molecule is CC(=N[S@+]([O-])C(C)(C)C)c1cc(Br)ccc1Cl. The predicted octanol–water partition coefficient (Wildman–Crippen LogP) is 4.37. The molecule has 2 nitrogen and oxygen atoms in total. The van der Waals surface area contributed by atoms with E-state index in [2.05, 4.69) is 20.3 Å². The molecule has 0 aromatic heterocycles. The Kier molecular flexibility index (Phi) is 5.07. The summed E-state index contributed by atoms with van der Waals surface area (Å²) in [6, 6.07) is 5.53. The lowest BCUT2D eigenvalue weighted by Crippen LogP contribution is -2.26. The van der Waals surface area contributed by atoms with Gasteiger partial charge in [0.15, 0.2) is 0 Å². The molecule has 1 rings (SSSR count). The fourth-order valence-electron chi connectivity index (χ4n) is 1.09. The minimum atomic E-state index is -1.27. The number of hydrogen-bond donors (Lipinski definition) is 0. The van der Waals surface area contributed by atoms with Crippen molar-refractivity contribution in [1.82, 2.24) is 0 Å². The van der Waals surface area contributed by atoms with Crippen molar-refractivity contribution < 1.29 is 4.55 Å². The molecular formula is C12H15BrClNOS. The second kappa shape index (κ2) is 5.74. The normalized spacial score (nSPS) is 14.9. The highest BCUT2D eigenvalue weighted by molar-refractivity contribution is 9.10. The molecule has 0 saturated carbocycles. The molecule has 0 fully saturated rings. The van der Waals surface area contributed by atoms with Gasteiger partial charge in [0.1, 0.15) is 16.1 Å². The van der Waals surface area contributed by atoms with E-state index in [9.17, 15) is 4.55 Å². The molecule has 0 heterocycles. The quantitative estimate of drug-likeness (QED) is 0.583. The van der Waals surface area contributed by atoms with Gasteiger partial charge < -0.3 is 4.55 Å². The van der Waals surface area contributed by atoms with E-state index in [1.54, 1.807) is 6.07 Å². The molecule has 0 amide bonds. The van der Waals surface area contributed by atoms with Crippen LogP contribution in [0.4, 0.5) is 0 Å². The summed E-state index contributed by atoms with van der Waals surface area (Å²) in [4.78, 5) is 0. The van der Waals surface area contributed by atoms with Crippen LogP contribution < -0.4 is 0 Å². The first-order valence-corrected chi connectivity index (χ1v) is 7.42. The van der Waals surface area contributed by atoms with E-state index in [1.807, 2.05) is 39.8 Å². The lowest BCUT2D eigenvalue weighted by atomic mass is 10.1. The van der Waals surface area contributed by atoms with E-state index in [-0.39, 0.29) is 4.75 Å². The van der Waals surface area contributed by atoms with Crippen molar-refractivity contribution >= 4 is 44.6 Å².